The fraction of sp³-hybridized carbons (Fsp3) is 0.538. The molecule has 1 aromatic rings. The van der Waals surface area contributed by atoms with Crippen LogP contribution in [0.3, 0.4) is 0 Å². The van der Waals surface area contributed by atoms with E-state index in [0.29, 0.717) is 24.1 Å². The fourth-order valence-corrected chi connectivity index (χ4v) is 1.64. The van der Waals surface area contributed by atoms with Crippen molar-refractivity contribution < 1.29 is 9.84 Å². The predicted molar refractivity (Wildman–Crippen MR) is 70.5 cm³/mol. The monoisotopic (exact) mass is 238 g/mol. The molecular formula is C13H22N2O2. The van der Waals surface area contributed by atoms with Crippen molar-refractivity contribution in [2.24, 2.45) is 17.6 Å². The Bertz CT molecular complexity index is 353. The third-order valence-corrected chi connectivity index (χ3v) is 2.99. The second kappa shape index (κ2) is 6.35. The van der Waals surface area contributed by atoms with Crippen molar-refractivity contribution >= 4 is 5.69 Å². The Morgan fingerprint density at radius 1 is 1.41 bits per heavy atom. The smallest absolute Gasteiger partial charge is 0.160 e. The number of anilines is 1. The van der Waals surface area contributed by atoms with Gasteiger partial charge in [0.25, 0.3) is 0 Å². The van der Waals surface area contributed by atoms with Gasteiger partial charge in [0.1, 0.15) is 0 Å². The van der Waals surface area contributed by atoms with Gasteiger partial charge in [-0.3, -0.25) is 0 Å². The first-order valence-corrected chi connectivity index (χ1v) is 5.89. The summed E-state index contributed by atoms with van der Waals surface area (Å²) in [6.45, 7) is 5.78. The van der Waals surface area contributed by atoms with Crippen LogP contribution in [0.15, 0.2) is 18.2 Å². The number of phenols is 1. The summed E-state index contributed by atoms with van der Waals surface area (Å²) in [7, 11) is 1.53. The minimum absolute atomic E-state index is 0.145. The zero-order valence-electron chi connectivity index (χ0n) is 10.7. The van der Waals surface area contributed by atoms with E-state index in [9.17, 15) is 5.11 Å². The summed E-state index contributed by atoms with van der Waals surface area (Å²) in [6.07, 6.45) is 0. The lowest BCUT2D eigenvalue weighted by Gasteiger charge is -2.20. The number of benzene rings is 1. The minimum Gasteiger partial charge on any atom is -0.504 e. The van der Waals surface area contributed by atoms with E-state index in [0.717, 1.165) is 12.2 Å². The van der Waals surface area contributed by atoms with Crippen molar-refractivity contribution in [2.75, 3.05) is 25.5 Å². The molecule has 0 aliphatic heterocycles. The van der Waals surface area contributed by atoms with Crippen LogP contribution >= 0.6 is 0 Å². The first kappa shape index (κ1) is 13.6. The van der Waals surface area contributed by atoms with Crippen LogP contribution in [0.2, 0.25) is 0 Å². The Labute approximate surface area is 103 Å². The number of nitrogens with two attached hydrogens (primary N) is 1. The number of aromatic hydroxyl groups is 1. The van der Waals surface area contributed by atoms with Gasteiger partial charge >= 0.3 is 0 Å². The molecule has 0 spiro atoms. The Hall–Kier alpha value is -1.42. The first-order chi connectivity index (χ1) is 8.08. The van der Waals surface area contributed by atoms with E-state index in [1.807, 2.05) is 6.07 Å². The maximum absolute atomic E-state index is 9.63. The molecule has 0 bridgehead atoms. The Morgan fingerprint density at radius 3 is 2.59 bits per heavy atom. The van der Waals surface area contributed by atoms with E-state index >= 15 is 0 Å². The zero-order valence-corrected chi connectivity index (χ0v) is 10.7. The van der Waals surface area contributed by atoms with Gasteiger partial charge in [-0.25, -0.2) is 0 Å². The zero-order chi connectivity index (χ0) is 12.8. The lowest BCUT2D eigenvalue weighted by atomic mass is 9.96. The quantitative estimate of drug-likeness (QED) is 0.709. The van der Waals surface area contributed by atoms with Crippen LogP contribution in [0, 0.1) is 11.8 Å². The molecule has 0 saturated carbocycles. The van der Waals surface area contributed by atoms with Crippen LogP contribution in [0.5, 0.6) is 11.5 Å². The van der Waals surface area contributed by atoms with Gasteiger partial charge in [-0.2, -0.15) is 0 Å². The molecular weight excluding hydrogens is 216 g/mol. The predicted octanol–water partition coefficient (Wildman–Crippen LogP) is 2.04. The fourth-order valence-electron chi connectivity index (χ4n) is 1.64. The highest BCUT2D eigenvalue weighted by molar-refractivity contribution is 5.54. The Morgan fingerprint density at radius 2 is 2.12 bits per heavy atom. The molecule has 0 fully saturated rings. The Balaban J connectivity index is 2.60. The number of nitrogens with one attached hydrogen (secondary N) is 1. The Kier molecular flexibility index (Phi) is 5.10. The van der Waals surface area contributed by atoms with Crippen molar-refractivity contribution in [3.63, 3.8) is 0 Å². The van der Waals surface area contributed by atoms with E-state index in [1.54, 1.807) is 12.1 Å². The average molecular weight is 238 g/mol. The van der Waals surface area contributed by atoms with Crippen LogP contribution < -0.4 is 15.8 Å². The van der Waals surface area contributed by atoms with Crippen LogP contribution in [0.4, 0.5) is 5.69 Å². The van der Waals surface area contributed by atoms with Crippen molar-refractivity contribution in [3.8, 4) is 11.5 Å². The lowest BCUT2D eigenvalue weighted by Crippen LogP contribution is -2.27. The number of hydrogen-bond donors (Lipinski definition) is 3. The van der Waals surface area contributed by atoms with Gasteiger partial charge in [0.05, 0.1) is 7.11 Å². The maximum Gasteiger partial charge on any atom is 0.160 e. The lowest BCUT2D eigenvalue weighted by molar-refractivity contribution is 0.373. The van der Waals surface area contributed by atoms with Crippen molar-refractivity contribution in [1.29, 1.82) is 0 Å². The highest BCUT2D eigenvalue weighted by Crippen LogP contribution is 2.28. The van der Waals surface area contributed by atoms with Gasteiger partial charge in [-0.05, 0) is 30.5 Å². The second-order valence-electron chi connectivity index (χ2n) is 4.51. The molecule has 4 nitrogen and oxygen atoms in total. The van der Waals surface area contributed by atoms with Gasteiger partial charge < -0.3 is 20.9 Å². The molecule has 96 valence electrons. The maximum atomic E-state index is 9.63. The average Bonchev–Trinajstić information content (AvgIpc) is 2.29. The number of hydrogen-bond acceptors (Lipinski definition) is 4. The third-order valence-electron chi connectivity index (χ3n) is 2.99. The first-order valence-electron chi connectivity index (χ1n) is 5.89. The van der Waals surface area contributed by atoms with Gasteiger partial charge in [0, 0.05) is 18.3 Å². The summed E-state index contributed by atoms with van der Waals surface area (Å²) in [5.74, 6) is 1.60. The highest BCUT2D eigenvalue weighted by atomic mass is 16.5. The molecule has 0 heterocycles. The molecule has 0 aromatic heterocycles. The number of phenolic OH excluding ortho intramolecular Hbond substituents is 1. The van der Waals surface area contributed by atoms with Crippen molar-refractivity contribution in [2.45, 2.75) is 13.8 Å². The van der Waals surface area contributed by atoms with E-state index in [-0.39, 0.29) is 5.75 Å². The van der Waals surface area contributed by atoms with E-state index in [4.69, 9.17) is 10.5 Å². The second-order valence-corrected chi connectivity index (χ2v) is 4.51. The van der Waals surface area contributed by atoms with Gasteiger partial charge in [-0.15, -0.1) is 0 Å². The molecule has 1 unspecified atom stereocenters. The standard InChI is InChI=1S/C13H22N2O2/c1-9(2)10(7-14)8-15-11-4-5-13(17-3)12(16)6-11/h4-6,9-10,15-16H,7-8,14H2,1-3H3. The molecule has 4 N–H and O–H groups in total. The minimum atomic E-state index is 0.145. The van der Waals surface area contributed by atoms with Gasteiger partial charge in [-0.1, -0.05) is 13.8 Å². The molecule has 0 aliphatic rings. The summed E-state index contributed by atoms with van der Waals surface area (Å²) >= 11 is 0. The molecule has 0 saturated heterocycles. The summed E-state index contributed by atoms with van der Waals surface area (Å²) in [4.78, 5) is 0. The van der Waals surface area contributed by atoms with E-state index < -0.39 is 0 Å². The number of rotatable bonds is 6. The van der Waals surface area contributed by atoms with Crippen LogP contribution in [0.25, 0.3) is 0 Å². The van der Waals surface area contributed by atoms with Gasteiger partial charge in [0.15, 0.2) is 11.5 Å². The summed E-state index contributed by atoms with van der Waals surface area (Å²) in [5, 5.41) is 12.9. The van der Waals surface area contributed by atoms with Gasteiger partial charge in [0.2, 0.25) is 0 Å². The molecule has 17 heavy (non-hydrogen) atoms. The summed E-state index contributed by atoms with van der Waals surface area (Å²) in [6, 6.07) is 5.28. The normalized spacial score (nSPS) is 12.5. The molecule has 4 heteroatoms. The third kappa shape index (κ3) is 3.82. The van der Waals surface area contributed by atoms with Crippen LogP contribution in [-0.4, -0.2) is 25.3 Å². The highest BCUT2D eigenvalue weighted by Gasteiger charge is 2.11. The molecule has 0 amide bonds. The summed E-state index contributed by atoms with van der Waals surface area (Å²) < 4.78 is 4.99. The largest absolute Gasteiger partial charge is 0.504 e. The number of methoxy groups -OCH3 is 1. The molecule has 0 radical (unpaired) electrons. The van der Waals surface area contributed by atoms with Crippen LogP contribution in [-0.2, 0) is 0 Å². The van der Waals surface area contributed by atoms with Crippen LogP contribution in [0.1, 0.15) is 13.8 Å². The van der Waals surface area contributed by atoms with Crippen molar-refractivity contribution in [3.05, 3.63) is 18.2 Å². The summed E-state index contributed by atoms with van der Waals surface area (Å²) in [5.41, 5.74) is 6.58. The van der Waals surface area contributed by atoms with E-state index in [1.165, 1.54) is 7.11 Å². The molecule has 1 atom stereocenters. The molecule has 0 aliphatic carbocycles. The SMILES string of the molecule is COc1ccc(NCC(CN)C(C)C)cc1O. The van der Waals surface area contributed by atoms with Crippen molar-refractivity contribution in [1.82, 2.24) is 0 Å². The topological polar surface area (TPSA) is 67.5 Å². The van der Waals surface area contributed by atoms with E-state index in [2.05, 4.69) is 19.2 Å². The molecule has 1 rings (SSSR count). The number of ether oxygens (including phenoxy) is 1. The molecule has 1 aromatic carbocycles.